The summed E-state index contributed by atoms with van der Waals surface area (Å²) in [7, 11) is 0. The summed E-state index contributed by atoms with van der Waals surface area (Å²) in [4.78, 5) is 10.8. The molecule has 1 aromatic carbocycles. The summed E-state index contributed by atoms with van der Waals surface area (Å²) in [6, 6.07) is 3.65. The van der Waals surface area contributed by atoms with Crippen molar-refractivity contribution < 1.29 is 27.5 Å². The predicted octanol–water partition coefficient (Wildman–Crippen LogP) is 2.95. The number of hydrogen-bond acceptors (Lipinski definition) is 2. The molecule has 8 heteroatoms. The van der Waals surface area contributed by atoms with E-state index in [1.165, 1.54) is 12.1 Å². The third-order valence-electron chi connectivity index (χ3n) is 2.51. The van der Waals surface area contributed by atoms with E-state index in [0.29, 0.717) is 4.68 Å². The molecule has 1 aromatic heterocycles. The quantitative estimate of drug-likeness (QED) is 0.883. The lowest BCUT2D eigenvalue weighted by molar-refractivity contribution is -0.142. The summed E-state index contributed by atoms with van der Waals surface area (Å²) in [5.74, 6) is -2.46. The lowest BCUT2D eigenvalue weighted by atomic mass is 10.1. The van der Waals surface area contributed by atoms with Crippen molar-refractivity contribution in [2.45, 2.75) is 12.7 Å². The van der Waals surface area contributed by atoms with Gasteiger partial charge in [-0.25, -0.2) is 9.18 Å². The molecule has 0 atom stereocenters. The summed E-state index contributed by atoms with van der Waals surface area (Å²) < 4.78 is 51.1. The molecule has 4 nitrogen and oxygen atoms in total. The second kappa shape index (κ2) is 4.95. The number of benzene rings is 1. The Balaban J connectivity index is 2.38. The zero-order chi connectivity index (χ0) is 14.9. The molecule has 1 heterocycles. The van der Waals surface area contributed by atoms with Crippen LogP contribution in [0.2, 0.25) is 0 Å². The molecule has 1 N–H and O–H groups in total. The number of nitrogens with zero attached hydrogens (tertiary/aromatic N) is 2. The fraction of sp³-hybridized carbons (Fsp3) is 0.167. The Morgan fingerprint density at radius 1 is 1.35 bits per heavy atom. The Morgan fingerprint density at radius 2 is 2.05 bits per heavy atom. The molecule has 0 fully saturated rings. The highest BCUT2D eigenvalue weighted by Crippen LogP contribution is 2.25. The van der Waals surface area contributed by atoms with E-state index < -0.39 is 30.1 Å². The average molecular weight is 288 g/mol. The molecule has 0 saturated heterocycles. The average Bonchev–Trinajstić information content (AvgIpc) is 2.74. The monoisotopic (exact) mass is 288 g/mol. The molecule has 0 spiro atoms. The summed E-state index contributed by atoms with van der Waals surface area (Å²) in [6.45, 7) is -1.30. The van der Waals surface area contributed by atoms with Crippen LogP contribution < -0.4 is 0 Å². The topological polar surface area (TPSA) is 55.1 Å². The molecule has 0 radical (unpaired) electrons. The Morgan fingerprint density at radius 3 is 2.65 bits per heavy atom. The fourth-order valence-electron chi connectivity index (χ4n) is 1.69. The molecular formula is C12H8F4N2O2. The van der Waals surface area contributed by atoms with Gasteiger partial charge in [0.1, 0.15) is 12.4 Å². The maximum absolute atomic E-state index is 13.9. The van der Waals surface area contributed by atoms with Crippen LogP contribution in [0, 0.1) is 5.82 Å². The molecule has 0 unspecified atom stereocenters. The molecule has 0 amide bonds. The Kier molecular flexibility index (Phi) is 3.47. The summed E-state index contributed by atoms with van der Waals surface area (Å²) in [6.07, 6.45) is -2.38. The third-order valence-corrected chi connectivity index (χ3v) is 2.51. The third kappa shape index (κ3) is 2.95. The Hall–Kier alpha value is -2.38. The minimum Gasteiger partial charge on any atom is -0.478 e. The highest BCUT2D eigenvalue weighted by molar-refractivity contribution is 5.89. The first-order chi connectivity index (χ1) is 9.28. The normalized spacial score (nSPS) is 11.6. The first-order valence-corrected chi connectivity index (χ1v) is 5.39. The van der Waals surface area contributed by atoms with Crippen molar-refractivity contribution >= 4 is 5.97 Å². The van der Waals surface area contributed by atoms with Gasteiger partial charge in [-0.1, -0.05) is 12.1 Å². The SMILES string of the molecule is O=C(O)c1cccc(-c2cnn(CC(F)(F)F)c2)c1F. The summed E-state index contributed by atoms with van der Waals surface area (Å²) >= 11 is 0. The largest absolute Gasteiger partial charge is 0.478 e. The van der Waals surface area contributed by atoms with Gasteiger partial charge in [0.25, 0.3) is 0 Å². The van der Waals surface area contributed by atoms with Crippen LogP contribution >= 0.6 is 0 Å². The van der Waals surface area contributed by atoms with Crippen LogP contribution in [0.15, 0.2) is 30.6 Å². The number of aromatic carboxylic acids is 1. The van der Waals surface area contributed by atoms with Crippen molar-refractivity contribution in [3.63, 3.8) is 0 Å². The number of carboxylic acids is 1. The van der Waals surface area contributed by atoms with Gasteiger partial charge in [-0.2, -0.15) is 18.3 Å². The number of rotatable bonds is 3. The maximum Gasteiger partial charge on any atom is 0.408 e. The fourth-order valence-corrected chi connectivity index (χ4v) is 1.69. The second-order valence-electron chi connectivity index (χ2n) is 4.01. The van der Waals surface area contributed by atoms with Crippen molar-refractivity contribution in [1.29, 1.82) is 0 Å². The van der Waals surface area contributed by atoms with Gasteiger partial charge in [0.2, 0.25) is 0 Å². The molecule has 0 aliphatic heterocycles. The molecular weight excluding hydrogens is 280 g/mol. The smallest absolute Gasteiger partial charge is 0.408 e. The molecule has 106 valence electrons. The van der Waals surface area contributed by atoms with Gasteiger partial charge in [0.15, 0.2) is 0 Å². The molecule has 2 rings (SSSR count). The second-order valence-corrected chi connectivity index (χ2v) is 4.01. The van der Waals surface area contributed by atoms with E-state index in [4.69, 9.17) is 5.11 Å². The lowest BCUT2D eigenvalue weighted by Gasteiger charge is -2.05. The Labute approximate surface area is 110 Å². The van der Waals surface area contributed by atoms with Gasteiger partial charge < -0.3 is 5.11 Å². The highest BCUT2D eigenvalue weighted by atomic mass is 19.4. The molecule has 0 bridgehead atoms. The van der Waals surface area contributed by atoms with Crippen LogP contribution in [0.5, 0.6) is 0 Å². The van der Waals surface area contributed by atoms with E-state index >= 15 is 0 Å². The molecule has 20 heavy (non-hydrogen) atoms. The van der Waals surface area contributed by atoms with Crippen LogP contribution in [-0.2, 0) is 6.54 Å². The van der Waals surface area contributed by atoms with Crippen LogP contribution in [0.25, 0.3) is 11.1 Å². The van der Waals surface area contributed by atoms with E-state index in [1.807, 2.05) is 0 Å². The highest BCUT2D eigenvalue weighted by Gasteiger charge is 2.28. The Bertz CT molecular complexity index is 649. The predicted molar refractivity (Wildman–Crippen MR) is 60.6 cm³/mol. The first kappa shape index (κ1) is 14.0. The number of alkyl halides is 3. The molecule has 2 aromatic rings. The van der Waals surface area contributed by atoms with Gasteiger partial charge in [-0.3, -0.25) is 4.68 Å². The van der Waals surface area contributed by atoms with Crippen molar-refractivity contribution in [3.05, 3.63) is 42.0 Å². The van der Waals surface area contributed by atoms with Crippen LogP contribution in [0.1, 0.15) is 10.4 Å². The number of halogens is 4. The number of carboxylic acid groups (broad SMARTS) is 1. The maximum atomic E-state index is 13.9. The minimum atomic E-state index is -4.44. The molecule has 0 aliphatic carbocycles. The van der Waals surface area contributed by atoms with Gasteiger partial charge in [0, 0.05) is 17.3 Å². The standard InChI is InChI=1S/C12H8F4N2O2/c13-10-8(2-1-3-9(10)11(19)20)7-4-17-18(5-7)6-12(14,15)16/h1-5H,6H2,(H,19,20). The zero-order valence-corrected chi connectivity index (χ0v) is 9.86. The van der Waals surface area contributed by atoms with Crippen LogP contribution in [0.4, 0.5) is 17.6 Å². The van der Waals surface area contributed by atoms with E-state index in [0.717, 1.165) is 18.5 Å². The molecule has 0 aliphatic rings. The van der Waals surface area contributed by atoms with Crippen molar-refractivity contribution in [2.24, 2.45) is 0 Å². The first-order valence-electron chi connectivity index (χ1n) is 5.39. The lowest BCUT2D eigenvalue weighted by Crippen LogP contribution is -2.17. The summed E-state index contributed by atoms with van der Waals surface area (Å²) in [5, 5.41) is 12.3. The van der Waals surface area contributed by atoms with Crippen molar-refractivity contribution in [2.75, 3.05) is 0 Å². The van der Waals surface area contributed by atoms with Crippen LogP contribution in [-0.4, -0.2) is 27.0 Å². The number of aromatic nitrogens is 2. The van der Waals surface area contributed by atoms with Gasteiger partial charge in [-0.15, -0.1) is 0 Å². The number of carbonyl (C=O) groups is 1. The van der Waals surface area contributed by atoms with Crippen molar-refractivity contribution in [1.82, 2.24) is 9.78 Å². The van der Waals surface area contributed by atoms with Gasteiger partial charge in [0.05, 0.1) is 11.8 Å². The van der Waals surface area contributed by atoms with Crippen molar-refractivity contribution in [3.8, 4) is 11.1 Å². The van der Waals surface area contributed by atoms with Crippen LogP contribution in [0.3, 0.4) is 0 Å². The van der Waals surface area contributed by atoms with E-state index in [-0.39, 0.29) is 11.1 Å². The van der Waals surface area contributed by atoms with Gasteiger partial charge >= 0.3 is 12.1 Å². The van der Waals surface area contributed by atoms with E-state index in [1.54, 1.807) is 0 Å². The van der Waals surface area contributed by atoms with Gasteiger partial charge in [-0.05, 0) is 6.07 Å². The summed E-state index contributed by atoms with van der Waals surface area (Å²) in [5.41, 5.74) is -0.584. The number of hydrogen-bond donors (Lipinski definition) is 1. The van der Waals surface area contributed by atoms with E-state index in [9.17, 15) is 22.4 Å². The minimum absolute atomic E-state index is 0.0786. The molecule has 0 saturated carbocycles. The zero-order valence-electron chi connectivity index (χ0n) is 9.86. The van der Waals surface area contributed by atoms with E-state index in [2.05, 4.69) is 5.10 Å².